The van der Waals surface area contributed by atoms with Crippen LogP contribution in [0.5, 0.6) is 0 Å². The molecule has 2 amide bonds. The molecule has 3 heterocycles. The smallest absolute Gasteiger partial charge is 0.410 e. The number of hydrogen-bond acceptors (Lipinski definition) is 6. The molecule has 0 aromatic carbocycles. The molecule has 134 valence electrons. The van der Waals surface area contributed by atoms with Crippen LogP contribution in [0.2, 0.25) is 0 Å². The third kappa shape index (κ3) is 3.95. The molecule has 0 unspecified atom stereocenters. The number of carbonyl (C=O) groups excluding carboxylic acids is 2. The van der Waals surface area contributed by atoms with E-state index in [1.54, 1.807) is 29.2 Å². The van der Waals surface area contributed by atoms with Crippen LogP contribution in [0.25, 0.3) is 6.08 Å². The lowest BCUT2D eigenvalue weighted by Crippen LogP contribution is -2.35. The average Bonchev–Trinajstić information content (AvgIpc) is 3.26. The number of carbonyl (C=O) groups is 2. The zero-order valence-corrected chi connectivity index (χ0v) is 15.8. The Morgan fingerprint density at radius 1 is 1.50 bits per heavy atom. The minimum absolute atomic E-state index is 0.282. The summed E-state index contributed by atoms with van der Waals surface area (Å²) in [6.07, 6.45) is 3.42. The number of nitriles is 1. The lowest BCUT2D eigenvalue weighted by atomic mass is 10.0. The summed E-state index contributed by atoms with van der Waals surface area (Å²) in [4.78, 5) is 27.6. The minimum Gasteiger partial charge on any atom is -0.450 e. The number of nitrogens with zero attached hydrogens (tertiary/aromatic N) is 2. The molecule has 0 aliphatic carbocycles. The van der Waals surface area contributed by atoms with Crippen molar-refractivity contribution in [2.24, 2.45) is 0 Å². The molecule has 0 saturated heterocycles. The molecule has 0 spiro atoms. The molecular weight excluding hydrogens is 370 g/mol. The van der Waals surface area contributed by atoms with E-state index in [0.717, 1.165) is 15.3 Å². The van der Waals surface area contributed by atoms with E-state index in [0.29, 0.717) is 36.7 Å². The molecule has 6 nitrogen and oxygen atoms in total. The molecule has 8 heteroatoms. The largest absolute Gasteiger partial charge is 0.450 e. The molecule has 0 radical (unpaired) electrons. The summed E-state index contributed by atoms with van der Waals surface area (Å²) in [5, 5.41) is 14.8. The lowest BCUT2D eigenvalue weighted by Gasteiger charge is -2.25. The van der Waals surface area contributed by atoms with Crippen LogP contribution >= 0.6 is 22.7 Å². The van der Waals surface area contributed by atoms with Crippen LogP contribution in [0, 0.1) is 11.3 Å². The van der Waals surface area contributed by atoms with E-state index >= 15 is 0 Å². The topological polar surface area (TPSA) is 82.4 Å². The summed E-state index contributed by atoms with van der Waals surface area (Å²) < 4.78 is 5.04. The maximum atomic E-state index is 12.2. The fraction of sp³-hybridized carbons (Fsp3) is 0.278. The van der Waals surface area contributed by atoms with Gasteiger partial charge in [-0.15, -0.1) is 22.7 Å². The molecule has 1 aliphatic heterocycles. The van der Waals surface area contributed by atoms with E-state index in [2.05, 4.69) is 11.4 Å². The Balaban J connectivity index is 1.74. The standard InChI is InChI=1S/C18H17N3O3S2/c1-2-24-18(23)21-8-7-13-14(10-19)17(26-15(13)11-21)20-16(22)6-5-12-4-3-9-25-12/h3-6,9H,2,7-8,11H2,1H3,(H,20,22)/b6-5+. The summed E-state index contributed by atoms with van der Waals surface area (Å²) in [6, 6.07) is 6.02. The Hall–Kier alpha value is -2.63. The number of amides is 2. The summed E-state index contributed by atoms with van der Waals surface area (Å²) in [5.74, 6) is -0.282. The third-order valence-electron chi connectivity index (χ3n) is 3.87. The van der Waals surface area contributed by atoms with Gasteiger partial charge in [0.2, 0.25) is 5.91 Å². The first-order valence-corrected chi connectivity index (χ1v) is 9.81. The van der Waals surface area contributed by atoms with Crippen molar-refractivity contribution in [1.82, 2.24) is 4.90 Å². The Kier molecular flexibility index (Phi) is 5.71. The van der Waals surface area contributed by atoms with Crippen LogP contribution in [0.1, 0.15) is 27.8 Å². The van der Waals surface area contributed by atoms with Gasteiger partial charge in [0.05, 0.1) is 18.7 Å². The van der Waals surface area contributed by atoms with Crippen LogP contribution < -0.4 is 5.32 Å². The van der Waals surface area contributed by atoms with Gasteiger partial charge in [0.15, 0.2) is 0 Å². The molecule has 2 aromatic rings. The lowest BCUT2D eigenvalue weighted by molar-refractivity contribution is -0.111. The molecule has 0 saturated carbocycles. The fourth-order valence-electron chi connectivity index (χ4n) is 2.68. The number of fused-ring (bicyclic) bond motifs is 1. The maximum absolute atomic E-state index is 12.2. The van der Waals surface area contributed by atoms with Gasteiger partial charge in [-0.2, -0.15) is 5.26 Å². The molecule has 1 N–H and O–H groups in total. The van der Waals surface area contributed by atoms with Gasteiger partial charge in [-0.3, -0.25) is 4.79 Å². The first-order chi connectivity index (χ1) is 12.6. The van der Waals surface area contributed by atoms with Crippen molar-refractivity contribution in [1.29, 1.82) is 5.26 Å². The number of thiophene rings is 2. The number of anilines is 1. The number of rotatable bonds is 4. The molecule has 2 aromatic heterocycles. The monoisotopic (exact) mass is 387 g/mol. The zero-order valence-electron chi connectivity index (χ0n) is 14.2. The molecule has 0 bridgehead atoms. The van der Waals surface area contributed by atoms with Gasteiger partial charge in [0.25, 0.3) is 0 Å². The second-order valence-corrected chi connectivity index (χ2v) is 7.61. The van der Waals surface area contributed by atoms with Gasteiger partial charge in [0.1, 0.15) is 11.1 Å². The van der Waals surface area contributed by atoms with Crippen LogP contribution in [-0.4, -0.2) is 30.1 Å². The molecule has 1 aliphatic rings. The van der Waals surface area contributed by atoms with Crippen molar-refractivity contribution in [2.45, 2.75) is 19.9 Å². The van der Waals surface area contributed by atoms with Crippen LogP contribution in [-0.2, 0) is 22.5 Å². The van der Waals surface area contributed by atoms with Crippen LogP contribution in [0.4, 0.5) is 9.80 Å². The summed E-state index contributed by atoms with van der Waals surface area (Å²) >= 11 is 2.88. The summed E-state index contributed by atoms with van der Waals surface area (Å²) in [7, 11) is 0. The summed E-state index contributed by atoms with van der Waals surface area (Å²) in [6.45, 7) is 2.99. The van der Waals surface area contributed by atoms with Gasteiger partial charge in [0, 0.05) is 22.4 Å². The predicted molar refractivity (Wildman–Crippen MR) is 102 cm³/mol. The van der Waals surface area contributed by atoms with Gasteiger partial charge in [-0.05, 0) is 36.4 Å². The van der Waals surface area contributed by atoms with Crippen LogP contribution in [0.3, 0.4) is 0 Å². The fourth-order valence-corrected chi connectivity index (χ4v) is 4.51. The van der Waals surface area contributed by atoms with Crippen molar-refractivity contribution in [2.75, 3.05) is 18.5 Å². The highest BCUT2D eigenvalue weighted by molar-refractivity contribution is 7.16. The van der Waals surface area contributed by atoms with Crippen LogP contribution in [0.15, 0.2) is 23.6 Å². The van der Waals surface area contributed by atoms with E-state index in [4.69, 9.17) is 4.74 Å². The van der Waals surface area contributed by atoms with Gasteiger partial charge in [-0.1, -0.05) is 6.07 Å². The number of ether oxygens (including phenoxy) is 1. The molecule has 26 heavy (non-hydrogen) atoms. The molecule has 0 fully saturated rings. The normalized spacial score (nSPS) is 13.3. The molecule has 3 rings (SSSR count). The second-order valence-electron chi connectivity index (χ2n) is 5.53. The molecular formula is C18H17N3O3S2. The highest BCUT2D eigenvalue weighted by Crippen LogP contribution is 2.36. The SMILES string of the molecule is CCOC(=O)N1CCc2c(sc(NC(=O)/C=C/c3cccs3)c2C#N)C1. The quantitative estimate of drug-likeness (QED) is 0.808. The van der Waals surface area contributed by atoms with E-state index in [-0.39, 0.29) is 12.0 Å². The molecule has 0 atom stereocenters. The van der Waals surface area contributed by atoms with Crippen molar-refractivity contribution < 1.29 is 14.3 Å². The second kappa shape index (κ2) is 8.17. The maximum Gasteiger partial charge on any atom is 0.410 e. The zero-order chi connectivity index (χ0) is 18.5. The Morgan fingerprint density at radius 2 is 2.35 bits per heavy atom. The van der Waals surface area contributed by atoms with Gasteiger partial charge < -0.3 is 15.0 Å². The Labute approximate surface area is 159 Å². The first-order valence-electron chi connectivity index (χ1n) is 8.11. The van der Waals surface area contributed by atoms with Crippen molar-refractivity contribution in [3.8, 4) is 6.07 Å². The summed E-state index contributed by atoms with van der Waals surface area (Å²) in [5.41, 5.74) is 1.40. The highest BCUT2D eigenvalue weighted by Gasteiger charge is 2.27. The number of hydrogen-bond donors (Lipinski definition) is 1. The number of nitrogens with one attached hydrogen (secondary N) is 1. The van der Waals surface area contributed by atoms with E-state index in [1.165, 1.54) is 17.4 Å². The van der Waals surface area contributed by atoms with Gasteiger partial charge in [-0.25, -0.2) is 4.79 Å². The van der Waals surface area contributed by atoms with Crippen molar-refractivity contribution >= 4 is 45.8 Å². The first kappa shape index (κ1) is 18.2. The predicted octanol–water partition coefficient (Wildman–Crippen LogP) is 3.85. The van der Waals surface area contributed by atoms with E-state index in [9.17, 15) is 14.9 Å². The van der Waals surface area contributed by atoms with E-state index in [1.807, 2.05) is 17.5 Å². The van der Waals surface area contributed by atoms with Crippen molar-refractivity contribution in [3.63, 3.8) is 0 Å². The van der Waals surface area contributed by atoms with Crippen molar-refractivity contribution in [3.05, 3.63) is 44.5 Å². The average molecular weight is 387 g/mol. The minimum atomic E-state index is -0.352. The Bertz CT molecular complexity index is 878. The van der Waals surface area contributed by atoms with Gasteiger partial charge >= 0.3 is 6.09 Å². The van der Waals surface area contributed by atoms with E-state index < -0.39 is 0 Å². The Morgan fingerprint density at radius 3 is 3.04 bits per heavy atom. The third-order valence-corrected chi connectivity index (χ3v) is 5.84. The highest BCUT2D eigenvalue weighted by atomic mass is 32.1.